The van der Waals surface area contributed by atoms with Gasteiger partial charge in [0.15, 0.2) is 0 Å². The van der Waals surface area contributed by atoms with Crippen LogP contribution >= 0.6 is 0 Å². The number of aryl methyl sites for hydroxylation is 1. The highest BCUT2D eigenvalue weighted by Crippen LogP contribution is 2.20. The summed E-state index contributed by atoms with van der Waals surface area (Å²) in [7, 11) is -1.46. The van der Waals surface area contributed by atoms with Crippen LogP contribution in [-0.2, 0) is 16.6 Å². The van der Waals surface area contributed by atoms with E-state index in [1.165, 1.54) is 0 Å². The van der Waals surface area contributed by atoms with Crippen molar-refractivity contribution in [1.82, 2.24) is 19.4 Å². The Morgan fingerprint density at radius 1 is 1.43 bits per heavy atom. The molecule has 1 saturated heterocycles. The van der Waals surface area contributed by atoms with Crippen molar-refractivity contribution >= 4 is 10.0 Å². The molecule has 0 spiro atoms. The van der Waals surface area contributed by atoms with Crippen LogP contribution in [0.2, 0.25) is 0 Å². The molecule has 1 fully saturated rings. The molecular formula is C13H25N5O2S. The van der Waals surface area contributed by atoms with Gasteiger partial charge in [0.1, 0.15) is 4.90 Å². The molecule has 0 aromatic carbocycles. The van der Waals surface area contributed by atoms with Crippen molar-refractivity contribution in [3.05, 3.63) is 11.4 Å². The van der Waals surface area contributed by atoms with E-state index in [9.17, 15) is 8.42 Å². The number of nitrogens with zero attached hydrogens (tertiary/aromatic N) is 3. The molecule has 0 amide bonds. The second-order valence-electron chi connectivity index (χ2n) is 5.78. The molecule has 1 atom stereocenters. The molecule has 1 aromatic rings. The Balaban J connectivity index is 2.12. The van der Waals surface area contributed by atoms with Crippen LogP contribution in [0.25, 0.3) is 0 Å². The Labute approximate surface area is 126 Å². The number of sulfonamides is 1. The minimum Gasteiger partial charge on any atom is -0.329 e. The van der Waals surface area contributed by atoms with E-state index in [1.807, 2.05) is 0 Å². The van der Waals surface area contributed by atoms with Gasteiger partial charge in [-0.2, -0.15) is 5.10 Å². The molecule has 7 nitrogen and oxygen atoms in total. The highest BCUT2D eigenvalue weighted by atomic mass is 32.2. The van der Waals surface area contributed by atoms with Crippen molar-refractivity contribution in [2.45, 2.75) is 31.7 Å². The van der Waals surface area contributed by atoms with Crippen molar-refractivity contribution in [3.63, 3.8) is 0 Å². The normalized spacial score (nSPS) is 20.3. The zero-order valence-corrected chi connectivity index (χ0v) is 13.8. The van der Waals surface area contributed by atoms with Gasteiger partial charge < -0.3 is 10.6 Å². The quantitative estimate of drug-likeness (QED) is 0.751. The fourth-order valence-electron chi connectivity index (χ4n) is 2.90. The number of hydrogen-bond donors (Lipinski definition) is 2. The molecule has 1 aliphatic heterocycles. The third-order valence-corrected chi connectivity index (χ3v) is 5.65. The van der Waals surface area contributed by atoms with Crippen LogP contribution in [0, 0.1) is 19.8 Å². The van der Waals surface area contributed by atoms with Crippen LogP contribution in [0.15, 0.2) is 4.90 Å². The Morgan fingerprint density at radius 3 is 2.71 bits per heavy atom. The standard InChI is InChI=1S/C13H25N5O2S/c1-10-13(11(2)18(16-10)7-5-14)21(19,20)15-8-12-4-6-17(3)9-12/h12,15H,4-9,14H2,1-3H3. The number of aromatic nitrogens is 2. The van der Waals surface area contributed by atoms with Crippen LogP contribution in [-0.4, -0.2) is 56.3 Å². The molecule has 1 aliphatic rings. The maximum absolute atomic E-state index is 12.5. The maximum Gasteiger partial charge on any atom is 0.244 e. The van der Waals surface area contributed by atoms with Gasteiger partial charge in [-0.15, -0.1) is 0 Å². The molecule has 2 heterocycles. The Hall–Kier alpha value is -0.960. The van der Waals surface area contributed by atoms with Crippen LogP contribution < -0.4 is 10.5 Å². The third-order valence-electron chi connectivity index (χ3n) is 3.98. The summed E-state index contributed by atoms with van der Waals surface area (Å²) in [5.74, 6) is 0.379. The molecule has 2 rings (SSSR count). The second-order valence-corrected chi connectivity index (χ2v) is 7.48. The maximum atomic E-state index is 12.5. The summed E-state index contributed by atoms with van der Waals surface area (Å²) in [6.45, 7) is 6.89. The van der Waals surface area contributed by atoms with Gasteiger partial charge in [0.05, 0.1) is 17.9 Å². The average Bonchev–Trinajstić information content (AvgIpc) is 2.93. The van der Waals surface area contributed by atoms with Gasteiger partial charge in [0, 0.05) is 19.6 Å². The smallest absolute Gasteiger partial charge is 0.244 e. The lowest BCUT2D eigenvalue weighted by Gasteiger charge is -2.12. The van der Waals surface area contributed by atoms with E-state index >= 15 is 0 Å². The molecule has 0 radical (unpaired) electrons. The number of nitrogens with two attached hydrogens (primary N) is 1. The van der Waals surface area contributed by atoms with Crippen LogP contribution in [0.5, 0.6) is 0 Å². The van der Waals surface area contributed by atoms with E-state index < -0.39 is 10.0 Å². The second kappa shape index (κ2) is 6.43. The van der Waals surface area contributed by atoms with E-state index in [0.29, 0.717) is 41.8 Å². The largest absolute Gasteiger partial charge is 0.329 e. The summed E-state index contributed by atoms with van der Waals surface area (Å²) in [6.07, 6.45) is 1.03. The van der Waals surface area contributed by atoms with Gasteiger partial charge >= 0.3 is 0 Å². The van der Waals surface area contributed by atoms with Crippen LogP contribution in [0.3, 0.4) is 0 Å². The van der Waals surface area contributed by atoms with Crippen molar-refractivity contribution in [1.29, 1.82) is 0 Å². The van der Waals surface area contributed by atoms with Crippen molar-refractivity contribution in [3.8, 4) is 0 Å². The lowest BCUT2D eigenvalue weighted by atomic mass is 10.1. The lowest BCUT2D eigenvalue weighted by Crippen LogP contribution is -2.31. The molecule has 1 aromatic heterocycles. The van der Waals surface area contributed by atoms with Crippen LogP contribution in [0.1, 0.15) is 17.8 Å². The summed E-state index contributed by atoms with van der Waals surface area (Å²) in [5.41, 5.74) is 6.69. The molecule has 21 heavy (non-hydrogen) atoms. The van der Waals surface area contributed by atoms with E-state index in [4.69, 9.17) is 5.73 Å². The number of likely N-dealkylation sites (tertiary alicyclic amines) is 1. The zero-order chi connectivity index (χ0) is 15.6. The van der Waals surface area contributed by atoms with Crippen molar-refractivity contribution in [2.75, 3.05) is 33.2 Å². The summed E-state index contributed by atoms with van der Waals surface area (Å²) >= 11 is 0. The fraction of sp³-hybridized carbons (Fsp3) is 0.769. The SMILES string of the molecule is Cc1nn(CCN)c(C)c1S(=O)(=O)NCC1CCN(C)C1. The average molecular weight is 315 g/mol. The minimum atomic E-state index is -3.52. The van der Waals surface area contributed by atoms with E-state index in [0.717, 1.165) is 19.5 Å². The first-order valence-corrected chi connectivity index (χ1v) is 8.75. The predicted molar refractivity (Wildman–Crippen MR) is 81.5 cm³/mol. The molecule has 1 unspecified atom stereocenters. The van der Waals surface area contributed by atoms with Gasteiger partial charge in [-0.1, -0.05) is 0 Å². The molecule has 8 heteroatoms. The van der Waals surface area contributed by atoms with Gasteiger partial charge in [-0.05, 0) is 39.8 Å². The Kier molecular flexibility index (Phi) is 5.03. The third kappa shape index (κ3) is 3.63. The minimum absolute atomic E-state index is 0.294. The van der Waals surface area contributed by atoms with Gasteiger partial charge in [-0.3, -0.25) is 4.68 Å². The van der Waals surface area contributed by atoms with E-state index in [-0.39, 0.29) is 0 Å². The van der Waals surface area contributed by atoms with Gasteiger partial charge in [0.2, 0.25) is 10.0 Å². The zero-order valence-electron chi connectivity index (χ0n) is 13.0. The van der Waals surface area contributed by atoms with E-state index in [1.54, 1.807) is 18.5 Å². The Morgan fingerprint density at radius 2 is 2.14 bits per heavy atom. The fourth-order valence-corrected chi connectivity index (χ4v) is 4.43. The van der Waals surface area contributed by atoms with Gasteiger partial charge in [0.25, 0.3) is 0 Å². The summed E-state index contributed by atoms with van der Waals surface area (Å²) in [5, 5.41) is 4.27. The Bertz CT molecular complexity index is 596. The predicted octanol–water partition coefficient (Wildman–Crippen LogP) is -0.311. The topological polar surface area (TPSA) is 93.2 Å². The van der Waals surface area contributed by atoms with Gasteiger partial charge in [-0.25, -0.2) is 13.1 Å². The first-order chi connectivity index (χ1) is 9.85. The van der Waals surface area contributed by atoms with Crippen LogP contribution in [0.4, 0.5) is 0 Å². The highest BCUT2D eigenvalue weighted by Gasteiger charge is 2.26. The number of rotatable bonds is 6. The molecule has 0 aliphatic carbocycles. The summed E-state index contributed by atoms with van der Waals surface area (Å²) < 4.78 is 29.4. The monoisotopic (exact) mass is 315 g/mol. The summed E-state index contributed by atoms with van der Waals surface area (Å²) in [4.78, 5) is 2.51. The van der Waals surface area contributed by atoms with Crippen molar-refractivity contribution in [2.24, 2.45) is 11.7 Å². The summed E-state index contributed by atoms with van der Waals surface area (Å²) in [6, 6.07) is 0. The number of nitrogens with one attached hydrogen (secondary N) is 1. The molecule has 120 valence electrons. The molecule has 0 saturated carbocycles. The number of hydrogen-bond acceptors (Lipinski definition) is 5. The first kappa shape index (κ1) is 16.4. The van der Waals surface area contributed by atoms with Crippen molar-refractivity contribution < 1.29 is 8.42 Å². The first-order valence-electron chi connectivity index (χ1n) is 7.27. The lowest BCUT2D eigenvalue weighted by molar-refractivity contribution is 0.394. The molecular weight excluding hydrogens is 290 g/mol. The molecule has 0 bridgehead atoms. The van der Waals surface area contributed by atoms with E-state index in [2.05, 4.69) is 21.8 Å². The highest BCUT2D eigenvalue weighted by molar-refractivity contribution is 7.89. The molecule has 3 N–H and O–H groups in total.